The Morgan fingerprint density at radius 1 is 1.19 bits per heavy atom. The molecule has 27 heavy (non-hydrogen) atoms. The van der Waals surface area contributed by atoms with E-state index in [4.69, 9.17) is 0 Å². The van der Waals surface area contributed by atoms with Crippen LogP contribution in [-0.4, -0.2) is 54.8 Å². The molecule has 0 radical (unpaired) electrons. The van der Waals surface area contributed by atoms with Crippen LogP contribution < -0.4 is 5.32 Å². The summed E-state index contributed by atoms with van der Waals surface area (Å²) in [5.74, 6) is -0.0838. The third kappa shape index (κ3) is 4.76. The smallest absolute Gasteiger partial charge is 0.264 e. The summed E-state index contributed by atoms with van der Waals surface area (Å²) in [6, 6.07) is 13.6. The van der Waals surface area contributed by atoms with Gasteiger partial charge in [0.25, 0.3) is 5.91 Å². The van der Waals surface area contributed by atoms with E-state index in [1.165, 1.54) is 11.3 Å². The Bertz CT molecular complexity index is 746. The first-order valence-electron chi connectivity index (χ1n) is 9.41. The summed E-state index contributed by atoms with van der Waals surface area (Å²) in [4.78, 5) is 30.3. The van der Waals surface area contributed by atoms with Gasteiger partial charge in [-0.05, 0) is 50.4 Å². The summed E-state index contributed by atoms with van der Waals surface area (Å²) in [5, 5.41) is 4.99. The predicted octanol–water partition coefficient (Wildman–Crippen LogP) is 3.16. The van der Waals surface area contributed by atoms with Crippen LogP contribution in [0.4, 0.5) is 0 Å². The van der Waals surface area contributed by atoms with E-state index in [1.807, 2.05) is 49.8 Å². The van der Waals surface area contributed by atoms with Gasteiger partial charge in [-0.2, -0.15) is 0 Å². The molecule has 1 saturated heterocycles. The van der Waals surface area contributed by atoms with Gasteiger partial charge >= 0.3 is 0 Å². The molecule has 3 rings (SSSR count). The Hall–Kier alpha value is -2.18. The van der Waals surface area contributed by atoms with E-state index >= 15 is 0 Å². The highest BCUT2D eigenvalue weighted by Gasteiger charge is 2.33. The SMILES string of the molecule is CN(C)C(CNC(=O)C1CCCCN1C(=O)c1cccs1)c1ccccc1. The number of nitrogens with zero attached hydrogens (tertiary/aromatic N) is 2. The second-order valence-corrected chi connectivity index (χ2v) is 8.07. The molecule has 2 heterocycles. The lowest BCUT2D eigenvalue weighted by molar-refractivity contribution is -0.126. The van der Waals surface area contributed by atoms with E-state index in [0.717, 1.165) is 24.8 Å². The van der Waals surface area contributed by atoms with E-state index in [-0.39, 0.29) is 23.9 Å². The van der Waals surface area contributed by atoms with E-state index in [1.54, 1.807) is 4.90 Å². The van der Waals surface area contributed by atoms with Gasteiger partial charge in [0.05, 0.1) is 10.9 Å². The minimum Gasteiger partial charge on any atom is -0.352 e. The summed E-state index contributed by atoms with van der Waals surface area (Å²) in [7, 11) is 4.02. The quantitative estimate of drug-likeness (QED) is 0.831. The van der Waals surface area contributed by atoms with Gasteiger partial charge < -0.3 is 15.1 Å². The third-order valence-corrected chi connectivity index (χ3v) is 5.93. The molecule has 6 heteroatoms. The first kappa shape index (κ1) is 19.6. The fraction of sp³-hybridized carbons (Fsp3) is 0.429. The number of likely N-dealkylation sites (tertiary alicyclic amines) is 1. The van der Waals surface area contributed by atoms with Gasteiger partial charge in [0.15, 0.2) is 0 Å². The second kappa shape index (κ2) is 9.15. The van der Waals surface area contributed by atoms with Crippen LogP contribution in [0.5, 0.6) is 0 Å². The zero-order chi connectivity index (χ0) is 19.2. The number of nitrogens with one attached hydrogen (secondary N) is 1. The van der Waals surface area contributed by atoms with Crippen molar-refractivity contribution in [2.24, 2.45) is 0 Å². The average molecular weight is 386 g/mol. The van der Waals surface area contributed by atoms with Gasteiger partial charge in [-0.25, -0.2) is 0 Å². The van der Waals surface area contributed by atoms with Gasteiger partial charge in [0.2, 0.25) is 5.91 Å². The van der Waals surface area contributed by atoms with Crippen LogP contribution in [0.25, 0.3) is 0 Å². The number of hydrogen-bond donors (Lipinski definition) is 1. The Morgan fingerprint density at radius 3 is 2.63 bits per heavy atom. The Kier molecular flexibility index (Phi) is 6.63. The van der Waals surface area contributed by atoms with Gasteiger partial charge in [0, 0.05) is 13.1 Å². The monoisotopic (exact) mass is 385 g/mol. The molecule has 144 valence electrons. The van der Waals surface area contributed by atoms with Crippen molar-refractivity contribution in [3.63, 3.8) is 0 Å². The zero-order valence-electron chi connectivity index (χ0n) is 15.9. The summed E-state index contributed by atoms with van der Waals surface area (Å²) >= 11 is 1.43. The molecule has 0 spiro atoms. The lowest BCUT2D eigenvalue weighted by Crippen LogP contribution is -2.52. The average Bonchev–Trinajstić information content (AvgIpc) is 3.23. The standard InChI is InChI=1S/C21H27N3O2S/c1-23(2)18(16-9-4-3-5-10-16)15-22-20(25)17-11-6-7-13-24(17)21(26)19-12-8-14-27-19/h3-5,8-10,12,14,17-18H,6-7,11,13,15H2,1-2H3,(H,22,25). The largest absolute Gasteiger partial charge is 0.352 e. The molecule has 0 aliphatic carbocycles. The number of thiophene rings is 1. The number of amides is 2. The lowest BCUT2D eigenvalue weighted by atomic mass is 10.0. The minimum absolute atomic E-state index is 0.0305. The van der Waals surface area contributed by atoms with Gasteiger partial charge in [0.1, 0.15) is 6.04 Å². The van der Waals surface area contributed by atoms with Crippen LogP contribution in [0.2, 0.25) is 0 Å². The van der Waals surface area contributed by atoms with Crippen molar-refractivity contribution in [3.05, 3.63) is 58.3 Å². The number of hydrogen-bond acceptors (Lipinski definition) is 4. The molecule has 1 fully saturated rings. The van der Waals surface area contributed by atoms with Crippen LogP contribution in [0, 0.1) is 0 Å². The number of carbonyl (C=O) groups is 2. The van der Waals surface area contributed by atoms with Gasteiger partial charge in [-0.3, -0.25) is 9.59 Å². The van der Waals surface area contributed by atoms with E-state index in [9.17, 15) is 9.59 Å². The normalized spacial score (nSPS) is 18.3. The highest BCUT2D eigenvalue weighted by Crippen LogP contribution is 2.22. The fourth-order valence-corrected chi connectivity index (χ4v) is 4.26. The van der Waals surface area contributed by atoms with Crippen molar-refractivity contribution in [1.82, 2.24) is 15.1 Å². The van der Waals surface area contributed by atoms with Crippen molar-refractivity contribution in [2.75, 3.05) is 27.2 Å². The van der Waals surface area contributed by atoms with Crippen LogP contribution in [0.15, 0.2) is 47.8 Å². The maximum absolute atomic E-state index is 12.9. The van der Waals surface area contributed by atoms with Crippen molar-refractivity contribution in [2.45, 2.75) is 31.3 Å². The minimum atomic E-state index is -0.382. The lowest BCUT2D eigenvalue weighted by Gasteiger charge is -2.35. The Morgan fingerprint density at radius 2 is 1.96 bits per heavy atom. The third-order valence-electron chi connectivity index (χ3n) is 5.08. The molecule has 1 aromatic heterocycles. The first-order valence-corrected chi connectivity index (χ1v) is 10.3. The molecule has 2 amide bonds. The molecular weight excluding hydrogens is 358 g/mol. The molecule has 2 unspecified atom stereocenters. The molecule has 0 saturated carbocycles. The number of carbonyl (C=O) groups excluding carboxylic acids is 2. The maximum Gasteiger partial charge on any atom is 0.264 e. The van der Waals surface area contributed by atoms with E-state index in [2.05, 4.69) is 22.3 Å². The van der Waals surface area contributed by atoms with Crippen LogP contribution in [0.1, 0.15) is 40.5 Å². The van der Waals surface area contributed by atoms with Gasteiger partial charge in [-0.15, -0.1) is 11.3 Å². The van der Waals surface area contributed by atoms with Gasteiger partial charge in [-0.1, -0.05) is 36.4 Å². The molecule has 2 atom stereocenters. The summed E-state index contributed by atoms with van der Waals surface area (Å²) in [6.07, 6.45) is 2.65. The van der Waals surface area contributed by atoms with Crippen LogP contribution in [-0.2, 0) is 4.79 Å². The van der Waals surface area contributed by atoms with E-state index < -0.39 is 0 Å². The fourth-order valence-electron chi connectivity index (χ4n) is 3.58. The molecular formula is C21H27N3O2S. The number of benzene rings is 1. The maximum atomic E-state index is 12.9. The topological polar surface area (TPSA) is 52.7 Å². The van der Waals surface area contributed by atoms with Crippen LogP contribution in [0.3, 0.4) is 0 Å². The molecule has 1 aliphatic rings. The Balaban J connectivity index is 1.67. The highest BCUT2D eigenvalue weighted by molar-refractivity contribution is 7.12. The van der Waals surface area contributed by atoms with Crippen molar-refractivity contribution in [3.8, 4) is 0 Å². The zero-order valence-corrected chi connectivity index (χ0v) is 16.7. The first-order chi connectivity index (χ1) is 13.1. The van der Waals surface area contributed by atoms with Crippen molar-refractivity contribution >= 4 is 23.2 Å². The molecule has 1 aliphatic heterocycles. The predicted molar refractivity (Wildman–Crippen MR) is 109 cm³/mol. The molecule has 0 bridgehead atoms. The van der Waals surface area contributed by atoms with Crippen molar-refractivity contribution in [1.29, 1.82) is 0 Å². The Labute approximate surface area is 165 Å². The number of likely N-dealkylation sites (N-methyl/N-ethyl adjacent to an activating group) is 1. The molecule has 2 aromatic rings. The summed E-state index contributed by atoms with van der Waals surface area (Å²) < 4.78 is 0. The van der Waals surface area contributed by atoms with E-state index in [0.29, 0.717) is 18.0 Å². The summed E-state index contributed by atoms with van der Waals surface area (Å²) in [5.41, 5.74) is 1.16. The van der Waals surface area contributed by atoms with Crippen LogP contribution >= 0.6 is 11.3 Å². The molecule has 1 N–H and O–H groups in total. The number of piperidine rings is 1. The molecule has 5 nitrogen and oxygen atoms in total. The number of rotatable bonds is 6. The van der Waals surface area contributed by atoms with Crippen molar-refractivity contribution < 1.29 is 9.59 Å². The summed E-state index contributed by atoms with van der Waals surface area (Å²) in [6.45, 7) is 1.16. The highest BCUT2D eigenvalue weighted by atomic mass is 32.1. The second-order valence-electron chi connectivity index (χ2n) is 7.12. The molecule has 1 aromatic carbocycles.